The van der Waals surface area contributed by atoms with Crippen LogP contribution in [-0.4, -0.2) is 44.2 Å². The summed E-state index contributed by atoms with van der Waals surface area (Å²) in [6.45, 7) is 3.29. The molecule has 0 unspecified atom stereocenters. The number of ether oxygens (including phenoxy) is 1. The second-order valence-electron chi connectivity index (χ2n) is 5.76. The SMILES string of the molecule is COc1cc(N2CC3(CCCN3C)C2)c(N)cc1N. The van der Waals surface area contributed by atoms with Crippen LogP contribution in [0.15, 0.2) is 12.1 Å². The van der Waals surface area contributed by atoms with Gasteiger partial charge >= 0.3 is 0 Å². The van der Waals surface area contributed by atoms with Crippen LogP contribution in [0, 0.1) is 0 Å². The lowest BCUT2D eigenvalue weighted by Crippen LogP contribution is -2.67. The van der Waals surface area contributed by atoms with E-state index in [-0.39, 0.29) is 0 Å². The number of rotatable bonds is 2. The average Bonchev–Trinajstić information content (AvgIpc) is 2.70. The van der Waals surface area contributed by atoms with Crippen LogP contribution in [0.2, 0.25) is 0 Å². The summed E-state index contributed by atoms with van der Waals surface area (Å²) in [6, 6.07) is 3.74. The van der Waals surface area contributed by atoms with Gasteiger partial charge in [-0.05, 0) is 32.5 Å². The maximum absolute atomic E-state index is 6.09. The van der Waals surface area contributed by atoms with Crippen molar-refractivity contribution < 1.29 is 4.74 Å². The highest BCUT2D eigenvalue weighted by molar-refractivity contribution is 5.77. The van der Waals surface area contributed by atoms with E-state index in [1.54, 1.807) is 13.2 Å². The molecule has 1 aromatic carbocycles. The number of anilines is 3. The van der Waals surface area contributed by atoms with Crippen molar-refractivity contribution in [1.82, 2.24) is 4.90 Å². The summed E-state index contributed by atoms with van der Waals surface area (Å²) in [7, 11) is 3.85. The van der Waals surface area contributed by atoms with Gasteiger partial charge in [0.05, 0.1) is 29.7 Å². The highest BCUT2D eigenvalue weighted by atomic mass is 16.5. The largest absolute Gasteiger partial charge is 0.495 e. The molecule has 2 aliphatic heterocycles. The number of likely N-dealkylation sites (tertiary alicyclic amines) is 1. The van der Waals surface area contributed by atoms with Crippen LogP contribution in [-0.2, 0) is 0 Å². The monoisotopic (exact) mass is 262 g/mol. The minimum atomic E-state index is 0.362. The fourth-order valence-corrected chi connectivity index (χ4v) is 3.36. The summed E-state index contributed by atoms with van der Waals surface area (Å²) in [5.74, 6) is 0.699. The Kier molecular flexibility index (Phi) is 2.74. The Morgan fingerprint density at radius 3 is 2.53 bits per heavy atom. The smallest absolute Gasteiger partial charge is 0.143 e. The molecule has 0 bridgehead atoms. The number of likely N-dealkylation sites (N-methyl/N-ethyl adjacent to an activating group) is 1. The maximum Gasteiger partial charge on any atom is 0.143 e. The number of nitrogens with zero attached hydrogens (tertiary/aromatic N) is 2. The molecule has 1 spiro atoms. The van der Waals surface area contributed by atoms with Crippen LogP contribution < -0.4 is 21.1 Å². The minimum Gasteiger partial charge on any atom is -0.495 e. The van der Waals surface area contributed by atoms with Gasteiger partial charge in [-0.1, -0.05) is 0 Å². The lowest BCUT2D eigenvalue weighted by atomic mass is 9.86. The van der Waals surface area contributed by atoms with Crippen molar-refractivity contribution in [2.75, 3.05) is 50.2 Å². The van der Waals surface area contributed by atoms with E-state index < -0.39 is 0 Å². The molecule has 2 aliphatic rings. The molecular weight excluding hydrogens is 240 g/mol. The van der Waals surface area contributed by atoms with Gasteiger partial charge in [0.25, 0.3) is 0 Å². The molecule has 3 rings (SSSR count). The Bertz CT molecular complexity index is 496. The third-order valence-electron chi connectivity index (χ3n) is 4.64. The molecule has 19 heavy (non-hydrogen) atoms. The Labute approximate surface area is 114 Å². The second-order valence-corrected chi connectivity index (χ2v) is 5.76. The molecule has 2 heterocycles. The van der Waals surface area contributed by atoms with Gasteiger partial charge in [-0.25, -0.2) is 0 Å². The molecule has 2 fully saturated rings. The van der Waals surface area contributed by atoms with E-state index in [4.69, 9.17) is 16.2 Å². The first-order chi connectivity index (χ1) is 9.05. The third kappa shape index (κ3) is 1.80. The van der Waals surface area contributed by atoms with Gasteiger partial charge in [-0.15, -0.1) is 0 Å². The number of hydrogen-bond acceptors (Lipinski definition) is 5. The lowest BCUT2D eigenvalue weighted by molar-refractivity contribution is 0.133. The molecule has 104 valence electrons. The summed E-state index contributed by atoms with van der Waals surface area (Å²) in [4.78, 5) is 4.80. The van der Waals surface area contributed by atoms with Crippen molar-refractivity contribution >= 4 is 17.1 Å². The van der Waals surface area contributed by atoms with E-state index in [9.17, 15) is 0 Å². The summed E-state index contributed by atoms with van der Waals surface area (Å²) in [5, 5.41) is 0. The molecule has 0 saturated carbocycles. The number of benzene rings is 1. The van der Waals surface area contributed by atoms with Gasteiger partial charge in [-0.2, -0.15) is 0 Å². The fraction of sp³-hybridized carbons (Fsp3) is 0.571. The first kappa shape index (κ1) is 12.4. The molecule has 0 radical (unpaired) electrons. The molecule has 5 heteroatoms. The Balaban J connectivity index is 1.82. The molecule has 1 aromatic rings. The predicted molar refractivity (Wildman–Crippen MR) is 78.6 cm³/mol. The van der Waals surface area contributed by atoms with Crippen molar-refractivity contribution in [3.63, 3.8) is 0 Å². The molecule has 4 N–H and O–H groups in total. The van der Waals surface area contributed by atoms with Crippen LogP contribution >= 0.6 is 0 Å². The zero-order valence-corrected chi connectivity index (χ0v) is 11.6. The third-order valence-corrected chi connectivity index (χ3v) is 4.64. The average molecular weight is 262 g/mol. The normalized spacial score (nSPS) is 21.7. The van der Waals surface area contributed by atoms with Gasteiger partial charge < -0.3 is 21.1 Å². The van der Waals surface area contributed by atoms with Crippen molar-refractivity contribution in [2.45, 2.75) is 18.4 Å². The molecule has 0 amide bonds. The number of hydrogen-bond donors (Lipinski definition) is 2. The van der Waals surface area contributed by atoms with Gasteiger partial charge in [0.2, 0.25) is 0 Å². The predicted octanol–water partition coefficient (Wildman–Crippen LogP) is 1.14. The van der Waals surface area contributed by atoms with Crippen LogP contribution in [0.1, 0.15) is 12.8 Å². The van der Waals surface area contributed by atoms with E-state index in [2.05, 4.69) is 16.8 Å². The quantitative estimate of drug-likeness (QED) is 0.782. The molecule has 0 aromatic heterocycles. The van der Waals surface area contributed by atoms with Crippen LogP contribution in [0.4, 0.5) is 17.1 Å². The molecule has 2 saturated heterocycles. The molecular formula is C14H22N4O. The van der Waals surface area contributed by atoms with Gasteiger partial charge in [-0.3, -0.25) is 4.90 Å². The zero-order valence-electron chi connectivity index (χ0n) is 11.6. The van der Waals surface area contributed by atoms with E-state index in [0.29, 0.717) is 17.0 Å². The van der Waals surface area contributed by atoms with Crippen LogP contribution in [0.5, 0.6) is 5.75 Å². The minimum absolute atomic E-state index is 0.362. The van der Waals surface area contributed by atoms with E-state index in [0.717, 1.165) is 24.5 Å². The Hall–Kier alpha value is -1.62. The summed E-state index contributed by atoms with van der Waals surface area (Å²) in [6.07, 6.45) is 2.58. The van der Waals surface area contributed by atoms with Crippen molar-refractivity contribution in [3.8, 4) is 5.75 Å². The van der Waals surface area contributed by atoms with E-state index in [1.165, 1.54) is 19.4 Å². The van der Waals surface area contributed by atoms with Gasteiger partial charge in [0.15, 0.2) is 0 Å². The topological polar surface area (TPSA) is 67.8 Å². The highest BCUT2D eigenvalue weighted by Crippen LogP contribution is 2.42. The Morgan fingerprint density at radius 2 is 1.95 bits per heavy atom. The molecule has 5 nitrogen and oxygen atoms in total. The standard InChI is InChI=1S/C14H22N4O/c1-17-5-3-4-14(17)8-18(9-14)12-7-13(19-2)11(16)6-10(12)15/h6-7H,3-5,8-9,15-16H2,1-2H3. The number of methoxy groups -OCH3 is 1. The lowest BCUT2D eigenvalue weighted by Gasteiger charge is -2.53. The van der Waals surface area contributed by atoms with Crippen molar-refractivity contribution in [3.05, 3.63) is 12.1 Å². The van der Waals surface area contributed by atoms with E-state index in [1.807, 2.05) is 6.07 Å². The van der Waals surface area contributed by atoms with Gasteiger partial charge in [0, 0.05) is 19.2 Å². The zero-order chi connectivity index (χ0) is 13.6. The first-order valence-electron chi connectivity index (χ1n) is 6.75. The highest BCUT2D eigenvalue weighted by Gasteiger charge is 2.48. The van der Waals surface area contributed by atoms with Crippen molar-refractivity contribution in [2.24, 2.45) is 0 Å². The fourth-order valence-electron chi connectivity index (χ4n) is 3.36. The van der Waals surface area contributed by atoms with Gasteiger partial charge in [0.1, 0.15) is 5.75 Å². The Morgan fingerprint density at radius 1 is 1.21 bits per heavy atom. The number of nitrogens with two attached hydrogens (primary N) is 2. The van der Waals surface area contributed by atoms with Crippen LogP contribution in [0.25, 0.3) is 0 Å². The summed E-state index contributed by atoms with van der Waals surface area (Å²) in [5.41, 5.74) is 14.7. The summed E-state index contributed by atoms with van der Waals surface area (Å²) >= 11 is 0. The van der Waals surface area contributed by atoms with Crippen LogP contribution in [0.3, 0.4) is 0 Å². The molecule has 0 aliphatic carbocycles. The second kappa shape index (κ2) is 4.20. The maximum atomic E-state index is 6.09. The molecule has 0 atom stereocenters. The number of nitrogen functional groups attached to an aromatic ring is 2. The van der Waals surface area contributed by atoms with Crippen molar-refractivity contribution in [1.29, 1.82) is 0 Å². The van der Waals surface area contributed by atoms with E-state index >= 15 is 0 Å². The summed E-state index contributed by atoms with van der Waals surface area (Å²) < 4.78 is 5.28. The first-order valence-corrected chi connectivity index (χ1v) is 6.75.